The van der Waals surface area contributed by atoms with Crippen LogP contribution in [0.1, 0.15) is 54.2 Å². The van der Waals surface area contributed by atoms with Gasteiger partial charge in [-0.3, -0.25) is 0 Å². The van der Waals surface area contributed by atoms with Crippen LogP contribution in [0.4, 0.5) is 26.3 Å². The number of aliphatic hydroxyl groups is 1. The highest BCUT2D eigenvalue weighted by molar-refractivity contribution is 7.92. The number of unbranched alkanes of at least 4 members (excludes halogenated alkanes) is 1. The second-order valence-corrected chi connectivity index (χ2v) is 10.7. The highest BCUT2D eigenvalue weighted by Crippen LogP contribution is 2.48. The second kappa shape index (κ2) is 9.35. The van der Waals surface area contributed by atoms with E-state index in [0.717, 1.165) is 0 Å². The number of aliphatic hydroxyl groups excluding tert-OH is 1. The molecule has 0 amide bonds. The Kier molecular flexibility index (Phi) is 6.87. The average molecular weight is 533 g/mol. The first-order valence-corrected chi connectivity index (χ1v) is 12.7. The fraction of sp³-hybridized carbons (Fsp3) is 0.360. The zero-order valence-corrected chi connectivity index (χ0v) is 19.7. The van der Waals surface area contributed by atoms with Crippen molar-refractivity contribution in [2.24, 2.45) is 0 Å². The van der Waals surface area contributed by atoms with Gasteiger partial charge in [0.15, 0.2) is 9.84 Å². The summed E-state index contributed by atoms with van der Waals surface area (Å²) in [5.74, 6) is 0. The van der Waals surface area contributed by atoms with Gasteiger partial charge in [-0.1, -0.05) is 37.6 Å². The quantitative estimate of drug-likeness (QED) is 0.286. The summed E-state index contributed by atoms with van der Waals surface area (Å²) >= 11 is 0. The number of hydrogen-bond acceptors (Lipinski definition) is 4. The molecule has 11 heteroatoms. The second-order valence-electron chi connectivity index (χ2n) is 8.68. The number of benzene rings is 3. The van der Waals surface area contributed by atoms with E-state index in [2.05, 4.69) is 0 Å². The van der Waals surface area contributed by atoms with E-state index in [1.165, 1.54) is 12.1 Å². The van der Waals surface area contributed by atoms with Gasteiger partial charge >= 0.3 is 12.4 Å². The van der Waals surface area contributed by atoms with E-state index in [1.807, 2.05) is 0 Å². The van der Waals surface area contributed by atoms with Crippen LogP contribution in [-0.4, -0.2) is 25.4 Å². The normalized spacial score (nSPS) is 20.4. The molecular weight excluding hydrogens is 510 g/mol. The number of hydrogen-bond donors (Lipinski definition) is 1. The van der Waals surface area contributed by atoms with Gasteiger partial charge in [0.05, 0.1) is 16.0 Å². The van der Waals surface area contributed by atoms with Gasteiger partial charge in [-0.2, -0.15) is 26.3 Å². The third-order valence-corrected chi connectivity index (χ3v) is 8.39. The van der Waals surface area contributed by atoms with Crippen molar-refractivity contribution >= 4 is 20.6 Å². The van der Waals surface area contributed by atoms with Gasteiger partial charge in [0, 0.05) is 12.2 Å². The number of halogens is 6. The minimum absolute atomic E-state index is 0.0193. The molecule has 0 saturated carbocycles. The highest BCUT2D eigenvalue weighted by Gasteiger charge is 2.50. The minimum atomic E-state index is -5.13. The molecule has 4 rings (SSSR count). The summed E-state index contributed by atoms with van der Waals surface area (Å²) in [7, 11) is -4.41. The van der Waals surface area contributed by atoms with Crippen LogP contribution in [0.15, 0.2) is 59.5 Å². The van der Waals surface area contributed by atoms with E-state index < -0.39 is 56.3 Å². The summed E-state index contributed by atoms with van der Waals surface area (Å²) in [6.45, 7) is 1.66. The molecule has 194 valence electrons. The van der Waals surface area contributed by atoms with Gasteiger partial charge in [0.25, 0.3) is 0 Å². The Hall–Kier alpha value is -2.63. The zero-order chi connectivity index (χ0) is 26.5. The molecule has 4 nitrogen and oxygen atoms in total. The Morgan fingerprint density at radius 2 is 1.47 bits per heavy atom. The molecule has 1 aliphatic rings. The predicted molar refractivity (Wildman–Crippen MR) is 120 cm³/mol. The van der Waals surface area contributed by atoms with Crippen molar-refractivity contribution in [2.45, 2.75) is 54.5 Å². The van der Waals surface area contributed by atoms with Crippen LogP contribution < -0.4 is 0 Å². The molecule has 3 aromatic rings. The molecule has 0 spiro atoms. The van der Waals surface area contributed by atoms with Crippen molar-refractivity contribution in [1.82, 2.24) is 0 Å². The summed E-state index contributed by atoms with van der Waals surface area (Å²) in [5.41, 5.74) is -3.79. The maximum atomic E-state index is 13.6. The molecule has 0 aromatic heterocycles. The largest absolute Gasteiger partial charge is 0.416 e. The van der Waals surface area contributed by atoms with E-state index in [0.29, 0.717) is 35.7 Å². The van der Waals surface area contributed by atoms with Crippen LogP contribution in [0.2, 0.25) is 0 Å². The maximum Gasteiger partial charge on any atom is 0.416 e. The monoisotopic (exact) mass is 532 g/mol. The van der Waals surface area contributed by atoms with Crippen LogP contribution in [-0.2, 0) is 26.9 Å². The van der Waals surface area contributed by atoms with Crippen LogP contribution in [0, 0.1) is 0 Å². The predicted octanol–water partition coefficient (Wildman–Crippen LogP) is 6.62. The fourth-order valence-corrected chi connectivity index (χ4v) is 6.55. The van der Waals surface area contributed by atoms with Gasteiger partial charge in [0.2, 0.25) is 0 Å². The SMILES string of the molecule is CCCCOC(c1cc(C(F)(F)F)cc(C(F)(F)F)c1)C1C(O)c2cc3ccccc3cc2S1(=O)=O. The number of sulfone groups is 1. The zero-order valence-electron chi connectivity index (χ0n) is 18.9. The first-order valence-electron chi connectivity index (χ1n) is 11.1. The minimum Gasteiger partial charge on any atom is -0.387 e. The Morgan fingerprint density at radius 1 is 0.917 bits per heavy atom. The molecule has 0 fully saturated rings. The molecule has 1 heterocycles. The molecule has 3 unspecified atom stereocenters. The molecule has 0 saturated heterocycles. The number of alkyl halides is 6. The van der Waals surface area contributed by atoms with Gasteiger partial charge in [-0.15, -0.1) is 0 Å². The van der Waals surface area contributed by atoms with Crippen LogP contribution in [0.3, 0.4) is 0 Å². The topological polar surface area (TPSA) is 63.6 Å². The molecule has 1 N–H and O–H groups in total. The standard InChI is InChI=1S/C25H22F6O4S/c1-2-3-8-35-22(16-9-17(24(26,27)28)13-18(10-16)25(29,30)31)23-21(32)19-11-14-6-4-5-7-15(14)12-20(19)36(23,33)34/h4-7,9-13,21-23,32H,2-3,8H2,1H3. The van der Waals surface area contributed by atoms with Gasteiger partial charge in [0.1, 0.15) is 17.5 Å². The number of fused-ring (bicyclic) bond motifs is 2. The van der Waals surface area contributed by atoms with Crippen LogP contribution in [0.25, 0.3) is 10.8 Å². The van der Waals surface area contributed by atoms with E-state index in [1.54, 1.807) is 31.2 Å². The number of rotatable bonds is 6. The molecule has 36 heavy (non-hydrogen) atoms. The van der Waals surface area contributed by atoms with E-state index in [-0.39, 0.29) is 23.1 Å². The van der Waals surface area contributed by atoms with E-state index in [4.69, 9.17) is 4.74 Å². The first kappa shape index (κ1) is 26.4. The lowest BCUT2D eigenvalue weighted by Gasteiger charge is -2.27. The highest BCUT2D eigenvalue weighted by atomic mass is 32.2. The van der Waals surface area contributed by atoms with Crippen molar-refractivity contribution in [2.75, 3.05) is 6.61 Å². The Morgan fingerprint density at radius 3 is 2.00 bits per heavy atom. The first-order chi connectivity index (χ1) is 16.7. The van der Waals surface area contributed by atoms with Crippen LogP contribution in [0.5, 0.6) is 0 Å². The summed E-state index contributed by atoms with van der Waals surface area (Å²) in [6.07, 6.45) is -12.8. The average Bonchev–Trinajstić information content (AvgIpc) is 2.99. The van der Waals surface area contributed by atoms with E-state index >= 15 is 0 Å². The van der Waals surface area contributed by atoms with Gasteiger partial charge in [-0.05, 0) is 53.1 Å². The number of ether oxygens (including phenoxy) is 1. The third-order valence-electron chi connectivity index (χ3n) is 6.21. The van der Waals surface area contributed by atoms with Crippen molar-refractivity contribution in [3.05, 3.63) is 76.9 Å². The molecule has 3 atom stereocenters. The van der Waals surface area contributed by atoms with Crippen molar-refractivity contribution < 1.29 is 44.6 Å². The van der Waals surface area contributed by atoms with Crippen molar-refractivity contribution in [1.29, 1.82) is 0 Å². The van der Waals surface area contributed by atoms with Gasteiger partial charge in [-0.25, -0.2) is 8.42 Å². The molecule has 3 aromatic carbocycles. The summed E-state index contributed by atoms with van der Waals surface area (Å²) in [5, 5.41) is 10.4. The maximum absolute atomic E-state index is 13.6. The summed E-state index contributed by atoms with van der Waals surface area (Å²) < 4.78 is 114. The molecule has 0 radical (unpaired) electrons. The third kappa shape index (κ3) is 4.83. The molecule has 0 aliphatic carbocycles. The lowest BCUT2D eigenvalue weighted by Crippen LogP contribution is -2.31. The van der Waals surface area contributed by atoms with Crippen molar-refractivity contribution in [3.63, 3.8) is 0 Å². The van der Waals surface area contributed by atoms with Gasteiger partial charge < -0.3 is 9.84 Å². The lowest BCUT2D eigenvalue weighted by atomic mass is 9.94. The smallest absolute Gasteiger partial charge is 0.387 e. The van der Waals surface area contributed by atoms with Crippen LogP contribution >= 0.6 is 0 Å². The summed E-state index contributed by atoms with van der Waals surface area (Å²) in [6, 6.07) is 10.4. The Labute approximate surface area is 203 Å². The lowest BCUT2D eigenvalue weighted by molar-refractivity contribution is -0.143. The van der Waals surface area contributed by atoms with E-state index in [9.17, 15) is 39.9 Å². The van der Waals surface area contributed by atoms with Crippen molar-refractivity contribution in [3.8, 4) is 0 Å². The fourth-order valence-electron chi connectivity index (χ4n) is 4.41. The Balaban J connectivity index is 1.90. The summed E-state index contributed by atoms with van der Waals surface area (Å²) in [4.78, 5) is -0.231. The molecule has 0 bridgehead atoms. The Bertz CT molecular complexity index is 1350. The molecule has 1 aliphatic heterocycles. The molecular formula is C25H22F6O4S.